The molecule has 1 aliphatic carbocycles. The summed E-state index contributed by atoms with van der Waals surface area (Å²) in [6, 6.07) is 8.78. The molecule has 3 heterocycles. The summed E-state index contributed by atoms with van der Waals surface area (Å²) in [6.45, 7) is 2.95. The van der Waals surface area contributed by atoms with E-state index < -0.39 is 0 Å². The molecule has 1 amide bonds. The monoisotopic (exact) mass is 450 g/mol. The van der Waals surface area contributed by atoms with Gasteiger partial charge in [-0.2, -0.15) is 0 Å². The third kappa shape index (κ3) is 5.03. The first-order valence-electron chi connectivity index (χ1n) is 13.2. The average molecular weight is 451 g/mol. The first-order valence-corrected chi connectivity index (χ1v) is 13.2. The highest BCUT2D eigenvalue weighted by molar-refractivity contribution is 5.91. The summed E-state index contributed by atoms with van der Waals surface area (Å²) in [5.41, 5.74) is 3.26. The van der Waals surface area contributed by atoms with E-state index in [1.165, 1.54) is 43.2 Å². The number of oxazole rings is 1. The highest BCUT2D eigenvalue weighted by atomic mass is 16.5. The van der Waals surface area contributed by atoms with E-state index in [1.54, 1.807) is 6.26 Å². The molecule has 1 aromatic heterocycles. The van der Waals surface area contributed by atoms with Crippen LogP contribution in [0.4, 0.5) is 0 Å². The van der Waals surface area contributed by atoms with Crippen molar-refractivity contribution in [3.8, 4) is 0 Å². The maximum Gasteiger partial charge on any atom is 0.273 e. The fourth-order valence-electron chi connectivity index (χ4n) is 6.40. The Kier molecular flexibility index (Phi) is 7.15. The van der Waals surface area contributed by atoms with Crippen LogP contribution in [0, 0.1) is 11.8 Å². The maximum atomic E-state index is 12.7. The van der Waals surface area contributed by atoms with Gasteiger partial charge >= 0.3 is 0 Å². The molecule has 3 fully saturated rings. The van der Waals surface area contributed by atoms with Gasteiger partial charge in [0.25, 0.3) is 5.91 Å². The van der Waals surface area contributed by atoms with E-state index in [4.69, 9.17) is 9.15 Å². The normalized spacial score (nSPS) is 27.2. The maximum absolute atomic E-state index is 12.7. The van der Waals surface area contributed by atoms with Crippen molar-refractivity contribution < 1.29 is 13.9 Å². The highest BCUT2D eigenvalue weighted by Gasteiger charge is 2.51. The number of aryl methyl sites for hydroxylation is 1. The Labute approximate surface area is 197 Å². The van der Waals surface area contributed by atoms with E-state index in [1.807, 2.05) is 0 Å². The molecule has 1 aromatic carbocycles. The summed E-state index contributed by atoms with van der Waals surface area (Å²) < 4.78 is 12.2. The van der Waals surface area contributed by atoms with Gasteiger partial charge in [-0.1, -0.05) is 69.7 Å². The molecule has 1 saturated carbocycles. The van der Waals surface area contributed by atoms with Crippen molar-refractivity contribution in [1.29, 1.82) is 0 Å². The van der Waals surface area contributed by atoms with E-state index in [-0.39, 0.29) is 24.0 Å². The Bertz CT molecular complexity index is 933. The van der Waals surface area contributed by atoms with Crippen LogP contribution < -0.4 is 5.32 Å². The molecule has 4 atom stereocenters. The number of nitrogens with zero attached hydrogens (tertiary/aromatic N) is 1. The second-order valence-electron chi connectivity index (χ2n) is 10.3. The Morgan fingerprint density at radius 3 is 2.67 bits per heavy atom. The lowest BCUT2D eigenvalue weighted by atomic mass is 9.75. The Hall–Kier alpha value is -2.14. The number of aromatic nitrogens is 1. The zero-order chi connectivity index (χ0) is 22.6. The Balaban J connectivity index is 1.24. The Morgan fingerprint density at radius 2 is 1.85 bits per heavy atom. The van der Waals surface area contributed by atoms with Gasteiger partial charge in [-0.25, -0.2) is 4.98 Å². The van der Waals surface area contributed by atoms with Crippen molar-refractivity contribution in [3.05, 3.63) is 53.2 Å². The van der Waals surface area contributed by atoms with Gasteiger partial charge in [0.1, 0.15) is 6.26 Å². The van der Waals surface area contributed by atoms with E-state index in [0.717, 1.165) is 51.0 Å². The lowest BCUT2D eigenvalue weighted by Gasteiger charge is -2.26. The van der Waals surface area contributed by atoms with E-state index in [2.05, 4.69) is 41.5 Å². The molecule has 1 N–H and O–H groups in total. The van der Waals surface area contributed by atoms with Crippen LogP contribution in [0.1, 0.15) is 98.1 Å². The molecule has 2 aromatic rings. The minimum Gasteiger partial charge on any atom is -0.448 e. The van der Waals surface area contributed by atoms with Gasteiger partial charge < -0.3 is 14.5 Å². The van der Waals surface area contributed by atoms with Crippen LogP contribution in [0.5, 0.6) is 0 Å². The van der Waals surface area contributed by atoms with E-state index in [9.17, 15) is 4.79 Å². The van der Waals surface area contributed by atoms with Crippen molar-refractivity contribution in [2.24, 2.45) is 11.8 Å². The molecule has 0 spiro atoms. The average Bonchev–Trinajstić information content (AvgIpc) is 3.58. The summed E-state index contributed by atoms with van der Waals surface area (Å²) in [5, 5.41) is 3.06. The number of benzene rings is 1. The lowest BCUT2D eigenvalue weighted by molar-refractivity contribution is 0.0897. The van der Waals surface area contributed by atoms with Gasteiger partial charge in [0.2, 0.25) is 5.89 Å². The zero-order valence-electron chi connectivity index (χ0n) is 19.9. The number of fused-ring (bicyclic) bond motifs is 2. The summed E-state index contributed by atoms with van der Waals surface area (Å²) in [4.78, 5) is 17.4. The molecule has 5 rings (SSSR count). The predicted octanol–water partition coefficient (Wildman–Crippen LogP) is 5.83. The zero-order valence-corrected chi connectivity index (χ0v) is 19.9. The Morgan fingerprint density at radius 1 is 1.06 bits per heavy atom. The number of amides is 1. The van der Waals surface area contributed by atoms with Crippen LogP contribution in [0.3, 0.4) is 0 Å². The minimum atomic E-state index is -0.116. The summed E-state index contributed by atoms with van der Waals surface area (Å²) in [7, 11) is 0. The molecule has 2 aliphatic heterocycles. The number of hydrogen-bond donors (Lipinski definition) is 1. The molecule has 33 heavy (non-hydrogen) atoms. The van der Waals surface area contributed by atoms with Crippen LogP contribution in [0.25, 0.3) is 0 Å². The predicted molar refractivity (Wildman–Crippen MR) is 128 cm³/mol. The number of carbonyl (C=O) groups excluding carboxylic acids is 1. The third-order valence-corrected chi connectivity index (χ3v) is 8.12. The molecular formula is C28H38N2O3. The van der Waals surface area contributed by atoms with Crippen LogP contribution in [0.2, 0.25) is 0 Å². The minimum absolute atomic E-state index is 0.116. The van der Waals surface area contributed by atoms with Gasteiger partial charge in [0.05, 0.1) is 18.1 Å². The van der Waals surface area contributed by atoms with E-state index in [0.29, 0.717) is 17.5 Å². The van der Waals surface area contributed by atoms with E-state index >= 15 is 0 Å². The van der Waals surface area contributed by atoms with Crippen molar-refractivity contribution in [2.75, 3.05) is 6.54 Å². The smallest absolute Gasteiger partial charge is 0.273 e. The fraction of sp³-hybridized carbons (Fsp3) is 0.643. The summed E-state index contributed by atoms with van der Waals surface area (Å²) in [6.07, 6.45) is 15.0. The van der Waals surface area contributed by atoms with Crippen molar-refractivity contribution in [2.45, 2.75) is 95.7 Å². The molecule has 0 radical (unpaired) electrons. The molecule has 178 valence electrons. The van der Waals surface area contributed by atoms with Crippen molar-refractivity contribution >= 4 is 5.91 Å². The molecule has 3 aliphatic rings. The molecular weight excluding hydrogens is 412 g/mol. The first-order chi connectivity index (χ1) is 16.2. The molecule has 2 bridgehead atoms. The van der Waals surface area contributed by atoms with Crippen LogP contribution in [0.15, 0.2) is 34.9 Å². The van der Waals surface area contributed by atoms with Gasteiger partial charge in [-0.3, -0.25) is 4.79 Å². The largest absolute Gasteiger partial charge is 0.448 e. The molecule has 5 nitrogen and oxygen atoms in total. The topological polar surface area (TPSA) is 64.4 Å². The van der Waals surface area contributed by atoms with Crippen molar-refractivity contribution in [1.82, 2.24) is 10.3 Å². The third-order valence-electron chi connectivity index (χ3n) is 8.12. The van der Waals surface area contributed by atoms with Crippen LogP contribution >= 0.6 is 0 Å². The van der Waals surface area contributed by atoms with Gasteiger partial charge in [-0.05, 0) is 49.1 Å². The second kappa shape index (κ2) is 10.4. The summed E-state index contributed by atoms with van der Waals surface area (Å²) >= 11 is 0. The SMILES string of the molecule is CCCc1ccccc1C[C@@H]1[C@H](c2nc(C(=O)NCCC3CCCCC3)co2)[C@H]2CC[C@@H]1O2. The highest BCUT2D eigenvalue weighted by Crippen LogP contribution is 2.50. The van der Waals surface area contributed by atoms with Crippen LogP contribution in [-0.2, 0) is 17.6 Å². The molecule has 2 saturated heterocycles. The van der Waals surface area contributed by atoms with Crippen LogP contribution in [-0.4, -0.2) is 29.6 Å². The number of ether oxygens (including phenoxy) is 1. The number of rotatable bonds is 9. The summed E-state index contributed by atoms with van der Waals surface area (Å²) in [5.74, 6) is 1.80. The number of hydrogen-bond acceptors (Lipinski definition) is 4. The fourth-order valence-corrected chi connectivity index (χ4v) is 6.40. The number of nitrogens with one attached hydrogen (secondary N) is 1. The van der Waals surface area contributed by atoms with Gasteiger partial charge in [-0.15, -0.1) is 0 Å². The lowest BCUT2D eigenvalue weighted by Crippen LogP contribution is -2.29. The van der Waals surface area contributed by atoms with Gasteiger partial charge in [0.15, 0.2) is 5.69 Å². The standard InChI is InChI=1S/C28H38N2O3/c1-2-8-20-11-6-7-12-21(20)17-22-24-13-14-25(33-24)26(22)28-30-23(18-32-28)27(31)29-16-15-19-9-4-3-5-10-19/h6-7,11-12,18-19,22,24-26H,2-5,8-10,13-17H2,1H3,(H,29,31)/t22-,24-,25+,26-/m0/s1. The van der Waals surface area contributed by atoms with Crippen molar-refractivity contribution in [3.63, 3.8) is 0 Å². The first kappa shape index (κ1) is 22.6. The number of carbonyl (C=O) groups is 1. The molecule has 5 heteroatoms. The van der Waals surface area contributed by atoms with Gasteiger partial charge in [0, 0.05) is 12.5 Å². The molecule has 0 unspecified atom stereocenters. The quantitative estimate of drug-likeness (QED) is 0.522. The second-order valence-corrected chi connectivity index (χ2v) is 10.3.